The van der Waals surface area contributed by atoms with Crippen LogP contribution >= 0.6 is 15.9 Å². The van der Waals surface area contributed by atoms with E-state index in [1.54, 1.807) is 0 Å². The Labute approximate surface area is 117 Å². The molecular formula is C14H19BrN2O. The maximum Gasteiger partial charge on any atom is 0.251 e. The van der Waals surface area contributed by atoms with Crippen molar-refractivity contribution < 1.29 is 4.79 Å². The van der Waals surface area contributed by atoms with Gasteiger partial charge in [-0.3, -0.25) is 4.79 Å². The molecule has 2 rings (SSSR count). The van der Waals surface area contributed by atoms with Crippen molar-refractivity contribution in [2.75, 3.05) is 26.7 Å². The smallest absolute Gasteiger partial charge is 0.251 e. The van der Waals surface area contributed by atoms with Crippen LogP contribution in [0.25, 0.3) is 0 Å². The zero-order valence-electron chi connectivity index (χ0n) is 10.7. The summed E-state index contributed by atoms with van der Waals surface area (Å²) >= 11 is 3.37. The van der Waals surface area contributed by atoms with E-state index in [2.05, 4.69) is 33.2 Å². The summed E-state index contributed by atoms with van der Waals surface area (Å²) < 4.78 is 0.995. The third kappa shape index (κ3) is 3.82. The van der Waals surface area contributed by atoms with Crippen LogP contribution in [0, 0.1) is 5.92 Å². The van der Waals surface area contributed by atoms with Crippen molar-refractivity contribution in [3.63, 3.8) is 0 Å². The predicted molar refractivity (Wildman–Crippen MR) is 76.7 cm³/mol. The highest BCUT2D eigenvalue weighted by atomic mass is 79.9. The Bertz CT molecular complexity index is 397. The van der Waals surface area contributed by atoms with Crippen LogP contribution in [0.15, 0.2) is 28.7 Å². The summed E-state index contributed by atoms with van der Waals surface area (Å²) in [4.78, 5) is 14.3. The fourth-order valence-corrected chi connectivity index (χ4v) is 2.47. The molecule has 0 aromatic heterocycles. The van der Waals surface area contributed by atoms with Gasteiger partial charge in [0.2, 0.25) is 0 Å². The number of carbonyl (C=O) groups is 1. The van der Waals surface area contributed by atoms with E-state index in [1.165, 1.54) is 12.8 Å². The first kappa shape index (κ1) is 13.6. The van der Waals surface area contributed by atoms with Crippen molar-refractivity contribution in [2.45, 2.75) is 12.8 Å². The summed E-state index contributed by atoms with van der Waals surface area (Å²) in [6, 6.07) is 7.47. The van der Waals surface area contributed by atoms with E-state index >= 15 is 0 Å². The minimum absolute atomic E-state index is 0.0291. The predicted octanol–water partition coefficient (Wildman–Crippen LogP) is 2.52. The van der Waals surface area contributed by atoms with Crippen LogP contribution in [-0.4, -0.2) is 37.5 Å². The van der Waals surface area contributed by atoms with Gasteiger partial charge in [-0.05, 0) is 63.2 Å². The molecule has 1 aromatic rings. The number of piperidine rings is 1. The molecular weight excluding hydrogens is 292 g/mol. The van der Waals surface area contributed by atoms with Gasteiger partial charge >= 0.3 is 0 Å². The lowest BCUT2D eigenvalue weighted by Gasteiger charge is -2.28. The lowest BCUT2D eigenvalue weighted by atomic mass is 9.97. The van der Waals surface area contributed by atoms with Gasteiger partial charge in [0, 0.05) is 16.6 Å². The van der Waals surface area contributed by atoms with Crippen LogP contribution in [0.5, 0.6) is 0 Å². The lowest BCUT2D eigenvalue weighted by molar-refractivity contribution is 0.0939. The van der Waals surface area contributed by atoms with E-state index in [0.717, 1.165) is 29.7 Å². The van der Waals surface area contributed by atoms with Gasteiger partial charge < -0.3 is 10.2 Å². The number of nitrogens with zero attached hydrogens (tertiary/aromatic N) is 1. The number of carbonyl (C=O) groups excluding carboxylic acids is 1. The van der Waals surface area contributed by atoms with E-state index in [9.17, 15) is 4.79 Å². The van der Waals surface area contributed by atoms with Crippen LogP contribution < -0.4 is 5.32 Å². The average Bonchev–Trinajstić information content (AvgIpc) is 2.38. The average molecular weight is 311 g/mol. The highest BCUT2D eigenvalue weighted by Crippen LogP contribution is 2.15. The van der Waals surface area contributed by atoms with E-state index < -0.39 is 0 Å². The van der Waals surface area contributed by atoms with Gasteiger partial charge in [0.15, 0.2) is 0 Å². The first-order chi connectivity index (χ1) is 8.65. The fraction of sp³-hybridized carbons (Fsp3) is 0.500. The zero-order valence-corrected chi connectivity index (χ0v) is 12.2. The topological polar surface area (TPSA) is 32.3 Å². The fourth-order valence-electron chi connectivity index (χ4n) is 2.21. The highest BCUT2D eigenvalue weighted by molar-refractivity contribution is 9.10. The number of rotatable bonds is 3. The minimum Gasteiger partial charge on any atom is -0.352 e. The molecule has 0 unspecified atom stereocenters. The Morgan fingerprint density at radius 3 is 2.56 bits per heavy atom. The van der Waals surface area contributed by atoms with Gasteiger partial charge in [0.25, 0.3) is 5.91 Å². The third-order valence-electron chi connectivity index (χ3n) is 3.50. The summed E-state index contributed by atoms with van der Waals surface area (Å²) in [6.07, 6.45) is 2.36. The highest BCUT2D eigenvalue weighted by Gasteiger charge is 2.17. The van der Waals surface area contributed by atoms with Crippen LogP contribution in [0.4, 0.5) is 0 Å². The molecule has 3 nitrogen and oxygen atoms in total. The Hall–Kier alpha value is -0.870. The molecule has 1 fully saturated rings. The molecule has 1 aliphatic heterocycles. The van der Waals surface area contributed by atoms with Crippen LogP contribution in [-0.2, 0) is 0 Å². The molecule has 1 aromatic carbocycles. The van der Waals surface area contributed by atoms with E-state index in [-0.39, 0.29) is 5.91 Å². The number of benzene rings is 1. The normalized spacial score (nSPS) is 17.7. The first-order valence-corrected chi connectivity index (χ1v) is 7.17. The number of hydrogen-bond donors (Lipinski definition) is 1. The molecule has 0 spiro atoms. The van der Waals surface area contributed by atoms with Crippen LogP contribution in [0.2, 0.25) is 0 Å². The maximum absolute atomic E-state index is 11.9. The molecule has 0 atom stereocenters. The summed E-state index contributed by atoms with van der Waals surface area (Å²) in [7, 11) is 2.15. The quantitative estimate of drug-likeness (QED) is 0.930. The van der Waals surface area contributed by atoms with Gasteiger partial charge in [-0.15, -0.1) is 0 Å². The Kier molecular flexibility index (Phi) is 4.78. The molecule has 0 bridgehead atoms. The van der Waals surface area contributed by atoms with Crippen molar-refractivity contribution in [1.29, 1.82) is 0 Å². The second-order valence-electron chi connectivity index (χ2n) is 4.96. The first-order valence-electron chi connectivity index (χ1n) is 6.37. The minimum atomic E-state index is 0.0291. The summed E-state index contributed by atoms with van der Waals surface area (Å²) in [5.41, 5.74) is 0.728. The number of halogens is 1. The molecule has 1 amide bonds. The molecule has 0 aliphatic carbocycles. The van der Waals surface area contributed by atoms with Crippen LogP contribution in [0.1, 0.15) is 23.2 Å². The largest absolute Gasteiger partial charge is 0.352 e. The SMILES string of the molecule is CN1CCC(CNC(=O)c2ccc(Br)cc2)CC1. The molecule has 98 valence electrons. The van der Waals surface area contributed by atoms with Crippen molar-refractivity contribution in [3.05, 3.63) is 34.3 Å². The molecule has 1 N–H and O–H groups in total. The van der Waals surface area contributed by atoms with Gasteiger partial charge in [0.1, 0.15) is 0 Å². The van der Waals surface area contributed by atoms with Crippen LogP contribution in [0.3, 0.4) is 0 Å². The second-order valence-corrected chi connectivity index (χ2v) is 5.88. The van der Waals surface area contributed by atoms with Gasteiger partial charge in [-0.2, -0.15) is 0 Å². The summed E-state index contributed by atoms with van der Waals surface area (Å²) in [5, 5.41) is 3.03. The third-order valence-corrected chi connectivity index (χ3v) is 4.02. The number of nitrogens with one attached hydrogen (secondary N) is 1. The molecule has 4 heteroatoms. The number of likely N-dealkylation sites (tertiary alicyclic amines) is 1. The van der Waals surface area contributed by atoms with E-state index in [1.807, 2.05) is 24.3 Å². The summed E-state index contributed by atoms with van der Waals surface area (Å²) in [6.45, 7) is 3.07. The zero-order chi connectivity index (χ0) is 13.0. The number of amides is 1. The molecule has 18 heavy (non-hydrogen) atoms. The van der Waals surface area contributed by atoms with Gasteiger partial charge in [0.05, 0.1) is 0 Å². The Balaban J connectivity index is 1.79. The van der Waals surface area contributed by atoms with Gasteiger partial charge in [-0.25, -0.2) is 0 Å². The molecule has 1 heterocycles. The van der Waals surface area contributed by atoms with E-state index in [0.29, 0.717) is 5.92 Å². The maximum atomic E-state index is 11.9. The number of hydrogen-bond acceptors (Lipinski definition) is 2. The molecule has 0 radical (unpaired) electrons. The van der Waals surface area contributed by atoms with Crippen molar-refractivity contribution in [2.24, 2.45) is 5.92 Å². The van der Waals surface area contributed by atoms with Crippen molar-refractivity contribution >= 4 is 21.8 Å². The lowest BCUT2D eigenvalue weighted by Crippen LogP contribution is -2.36. The van der Waals surface area contributed by atoms with E-state index in [4.69, 9.17) is 0 Å². The Morgan fingerprint density at radius 1 is 1.33 bits per heavy atom. The molecule has 1 aliphatic rings. The van der Waals surface area contributed by atoms with Crippen molar-refractivity contribution in [3.8, 4) is 0 Å². The summed E-state index contributed by atoms with van der Waals surface area (Å²) in [5.74, 6) is 0.655. The molecule has 0 saturated carbocycles. The van der Waals surface area contributed by atoms with Crippen molar-refractivity contribution in [1.82, 2.24) is 10.2 Å². The van der Waals surface area contributed by atoms with Gasteiger partial charge in [-0.1, -0.05) is 15.9 Å². The second kappa shape index (κ2) is 6.34. The monoisotopic (exact) mass is 310 g/mol. The standard InChI is InChI=1S/C14H19BrN2O/c1-17-8-6-11(7-9-17)10-16-14(18)12-2-4-13(15)5-3-12/h2-5,11H,6-10H2,1H3,(H,16,18). The molecule has 1 saturated heterocycles. The Morgan fingerprint density at radius 2 is 1.94 bits per heavy atom.